The molecule has 4 heteroatoms. The van der Waals surface area contributed by atoms with E-state index in [0.29, 0.717) is 0 Å². The standard InChI is InChI=1S/C10H17NO3/c1-7(2)8(12)10(3,9(13)14)11(4,5)6/h1H2,2-6H3/p+1. The Labute approximate surface area is 84.4 Å². The van der Waals surface area contributed by atoms with Crippen molar-refractivity contribution in [1.82, 2.24) is 0 Å². The van der Waals surface area contributed by atoms with Crippen LogP contribution in [0.4, 0.5) is 0 Å². The van der Waals surface area contributed by atoms with Crippen molar-refractivity contribution < 1.29 is 19.2 Å². The predicted molar refractivity (Wildman–Crippen MR) is 53.9 cm³/mol. The van der Waals surface area contributed by atoms with Gasteiger partial charge in [-0.1, -0.05) is 6.58 Å². The molecule has 1 unspecified atom stereocenters. The van der Waals surface area contributed by atoms with Crippen LogP contribution in [-0.4, -0.2) is 48.0 Å². The topological polar surface area (TPSA) is 54.4 Å². The number of carbonyl (C=O) groups is 2. The molecule has 0 saturated heterocycles. The Balaban J connectivity index is 5.45. The number of hydrogen-bond donors (Lipinski definition) is 1. The van der Waals surface area contributed by atoms with Crippen LogP contribution in [-0.2, 0) is 9.59 Å². The van der Waals surface area contributed by atoms with Gasteiger partial charge in [0.1, 0.15) is 0 Å². The Bertz CT molecular complexity index is 288. The van der Waals surface area contributed by atoms with Crippen molar-refractivity contribution in [3.8, 4) is 0 Å². The summed E-state index contributed by atoms with van der Waals surface area (Å²) in [4.78, 5) is 22.9. The smallest absolute Gasteiger partial charge is 0.373 e. The maximum atomic E-state index is 11.8. The normalized spacial score (nSPS) is 15.8. The van der Waals surface area contributed by atoms with E-state index in [1.165, 1.54) is 13.8 Å². The SMILES string of the molecule is C=C(C)C(=O)C(C)(C(=O)O)[N+](C)(C)C. The van der Waals surface area contributed by atoms with Crippen LogP contribution in [0.15, 0.2) is 12.2 Å². The number of hydrogen-bond acceptors (Lipinski definition) is 2. The lowest BCUT2D eigenvalue weighted by Gasteiger charge is -2.38. The molecule has 0 aliphatic rings. The number of quaternary nitrogens is 1. The van der Waals surface area contributed by atoms with Gasteiger partial charge in [0, 0.05) is 6.92 Å². The number of aliphatic carboxylic acids is 1. The van der Waals surface area contributed by atoms with E-state index >= 15 is 0 Å². The fourth-order valence-electron chi connectivity index (χ4n) is 1.10. The molecule has 0 aromatic rings. The largest absolute Gasteiger partial charge is 0.476 e. The quantitative estimate of drug-likeness (QED) is 0.412. The number of ketones is 1. The highest BCUT2D eigenvalue weighted by atomic mass is 16.4. The molecule has 0 amide bonds. The van der Waals surface area contributed by atoms with Crippen molar-refractivity contribution in [3.63, 3.8) is 0 Å². The molecule has 80 valence electrons. The van der Waals surface area contributed by atoms with E-state index < -0.39 is 17.3 Å². The Morgan fingerprint density at radius 1 is 1.29 bits per heavy atom. The second kappa shape index (κ2) is 3.53. The highest BCUT2D eigenvalue weighted by Crippen LogP contribution is 2.22. The number of carbonyl (C=O) groups excluding carboxylic acids is 1. The van der Waals surface area contributed by atoms with Crippen LogP contribution in [0.25, 0.3) is 0 Å². The molecule has 1 N–H and O–H groups in total. The van der Waals surface area contributed by atoms with Gasteiger partial charge in [0.05, 0.1) is 21.1 Å². The maximum absolute atomic E-state index is 11.8. The number of nitrogens with zero attached hydrogens (tertiary/aromatic N) is 1. The summed E-state index contributed by atoms with van der Waals surface area (Å²) in [7, 11) is 5.03. The molecular formula is C10H18NO3+. The van der Waals surface area contributed by atoms with Crippen molar-refractivity contribution in [1.29, 1.82) is 0 Å². The van der Waals surface area contributed by atoms with Crippen LogP contribution < -0.4 is 0 Å². The fourth-order valence-corrected chi connectivity index (χ4v) is 1.10. The average Bonchev–Trinajstić information content (AvgIpc) is 1.98. The van der Waals surface area contributed by atoms with Crippen molar-refractivity contribution in [2.45, 2.75) is 19.4 Å². The Morgan fingerprint density at radius 2 is 1.64 bits per heavy atom. The van der Waals surface area contributed by atoms with Gasteiger partial charge in [0.2, 0.25) is 5.78 Å². The fraction of sp³-hybridized carbons (Fsp3) is 0.600. The van der Waals surface area contributed by atoms with Gasteiger partial charge in [-0.3, -0.25) is 4.79 Å². The minimum atomic E-state index is -1.47. The summed E-state index contributed by atoms with van der Waals surface area (Å²) in [6, 6.07) is 0. The van der Waals surface area contributed by atoms with Gasteiger partial charge in [-0.15, -0.1) is 0 Å². The van der Waals surface area contributed by atoms with Gasteiger partial charge in [-0.05, 0) is 12.5 Å². The first-order valence-electron chi connectivity index (χ1n) is 4.30. The summed E-state index contributed by atoms with van der Waals surface area (Å²) in [6.07, 6.45) is 0. The number of Topliss-reactive ketones (excluding diaryl/α,β-unsaturated/α-hetero) is 1. The maximum Gasteiger partial charge on any atom is 0.373 e. The number of likely N-dealkylation sites (N-methyl/N-ethyl adjacent to an activating group) is 1. The number of carboxylic acids is 1. The Kier molecular flexibility index (Phi) is 3.24. The Morgan fingerprint density at radius 3 is 1.71 bits per heavy atom. The molecule has 0 aromatic carbocycles. The van der Waals surface area contributed by atoms with E-state index in [-0.39, 0.29) is 10.1 Å². The minimum Gasteiger partial charge on any atom is -0.476 e. The summed E-state index contributed by atoms with van der Waals surface area (Å²) < 4.78 is 0.0357. The van der Waals surface area contributed by atoms with Gasteiger partial charge in [0.15, 0.2) is 0 Å². The lowest BCUT2D eigenvalue weighted by atomic mass is 9.89. The van der Waals surface area contributed by atoms with Crippen LogP contribution >= 0.6 is 0 Å². The monoisotopic (exact) mass is 200 g/mol. The zero-order valence-electron chi connectivity index (χ0n) is 9.42. The molecule has 0 radical (unpaired) electrons. The molecular weight excluding hydrogens is 182 g/mol. The molecule has 0 aliphatic heterocycles. The Hall–Kier alpha value is -1.16. The molecule has 0 heterocycles. The van der Waals surface area contributed by atoms with Gasteiger partial charge in [-0.25, -0.2) is 4.79 Å². The van der Waals surface area contributed by atoms with Gasteiger partial charge in [0.25, 0.3) is 5.54 Å². The first-order valence-corrected chi connectivity index (χ1v) is 4.30. The molecule has 0 fully saturated rings. The number of rotatable bonds is 4. The summed E-state index contributed by atoms with van der Waals surface area (Å²) in [5.74, 6) is -1.56. The molecule has 0 rings (SSSR count). The van der Waals surface area contributed by atoms with Crippen molar-refractivity contribution in [2.24, 2.45) is 0 Å². The molecule has 14 heavy (non-hydrogen) atoms. The van der Waals surface area contributed by atoms with Crippen LogP contribution in [0, 0.1) is 0 Å². The zero-order valence-corrected chi connectivity index (χ0v) is 9.42. The van der Waals surface area contributed by atoms with Gasteiger partial charge in [-0.2, -0.15) is 0 Å². The molecule has 0 bridgehead atoms. The van der Waals surface area contributed by atoms with Crippen LogP contribution in [0.2, 0.25) is 0 Å². The first kappa shape index (κ1) is 12.8. The average molecular weight is 200 g/mol. The second-order valence-corrected chi connectivity index (χ2v) is 4.50. The van der Waals surface area contributed by atoms with Gasteiger partial charge >= 0.3 is 5.97 Å². The van der Waals surface area contributed by atoms with Crippen LogP contribution in [0.5, 0.6) is 0 Å². The third-order valence-electron chi connectivity index (χ3n) is 2.59. The van der Waals surface area contributed by atoms with Crippen LogP contribution in [0.3, 0.4) is 0 Å². The third-order valence-corrected chi connectivity index (χ3v) is 2.59. The van der Waals surface area contributed by atoms with E-state index in [9.17, 15) is 9.59 Å². The molecule has 1 atom stereocenters. The van der Waals surface area contributed by atoms with Crippen molar-refractivity contribution in [2.75, 3.05) is 21.1 Å². The minimum absolute atomic E-state index is 0.0357. The summed E-state index contributed by atoms with van der Waals surface area (Å²) in [5.41, 5.74) is -1.20. The second-order valence-electron chi connectivity index (χ2n) is 4.50. The predicted octanol–water partition coefficient (Wildman–Crippen LogP) is 0.681. The zero-order chi connectivity index (χ0) is 11.7. The number of carboxylic acid groups (broad SMARTS) is 1. The molecule has 0 spiro atoms. The summed E-state index contributed by atoms with van der Waals surface area (Å²) in [6.45, 7) is 6.44. The molecule has 0 aromatic heterocycles. The third kappa shape index (κ3) is 1.85. The first-order chi connectivity index (χ1) is 6.05. The summed E-state index contributed by atoms with van der Waals surface area (Å²) >= 11 is 0. The van der Waals surface area contributed by atoms with Crippen LogP contribution in [0.1, 0.15) is 13.8 Å². The lowest BCUT2D eigenvalue weighted by Crippen LogP contribution is -2.64. The molecule has 0 aliphatic carbocycles. The highest BCUT2D eigenvalue weighted by Gasteiger charge is 2.52. The van der Waals surface area contributed by atoms with E-state index in [0.717, 1.165) is 0 Å². The van der Waals surface area contributed by atoms with Gasteiger partial charge < -0.3 is 9.59 Å². The van der Waals surface area contributed by atoms with Crippen molar-refractivity contribution >= 4 is 11.8 Å². The lowest BCUT2D eigenvalue weighted by molar-refractivity contribution is -0.901. The highest BCUT2D eigenvalue weighted by molar-refractivity contribution is 6.13. The summed E-state index contributed by atoms with van der Waals surface area (Å²) in [5, 5.41) is 9.11. The van der Waals surface area contributed by atoms with E-state index in [2.05, 4.69) is 6.58 Å². The molecule has 0 saturated carbocycles. The van der Waals surface area contributed by atoms with E-state index in [1.54, 1.807) is 21.1 Å². The van der Waals surface area contributed by atoms with E-state index in [4.69, 9.17) is 5.11 Å². The molecule has 4 nitrogen and oxygen atoms in total. The van der Waals surface area contributed by atoms with Crippen molar-refractivity contribution in [3.05, 3.63) is 12.2 Å². The van der Waals surface area contributed by atoms with E-state index in [1.807, 2.05) is 0 Å².